The molecule has 0 amide bonds. The van der Waals surface area contributed by atoms with Crippen LogP contribution in [0.25, 0.3) is 0 Å². The van der Waals surface area contributed by atoms with Crippen molar-refractivity contribution in [3.63, 3.8) is 0 Å². The first-order chi connectivity index (χ1) is 7.18. The summed E-state index contributed by atoms with van der Waals surface area (Å²) in [7, 11) is 1.88. The van der Waals surface area contributed by atoms with Gasteiger partial charge in [-0.05, 0) is 24.9 Å². The number of hydrogen-bond donors (Lipinski definition) is 1. The van der Waals surface area contributed by atoms with Gasteiger partial charge in [0.15, 0.2) is 0 Å². The lowest BCUT2D eigenvalue weighted by atomic mass is 9.96. The summed E-state index contributed by atoms with van der Waals surface area (Å²) >= 11 is 0. The number of carbonyl (C=O) groups is 1. The third-order valence-corrected chi connectivity index (χ3v) is 3.10. The third-order valence-electron chi connectivity index (χ3n) is 3.10. The van der Waals surface area contributed by atoms with E-state index >= 15 is 0 Å². The number of carboxylic acid groups (broad SMARTS) is 1. The van der Waals surface area contributed by atoms with Gasteiger partial charge in [0, 0.05) is 6.54 Å². The van der Waals surface area contributed by atoms with E-state index in [-0.39, 0.29) is 6.04 Å². The van der Waals surface area contributed by atoms with Gasteiger partial charge in [-0.15, -0.1) is 0 Å². The molecule has 3 nitrogen and oxygen atoms in total. The van der Waals surface area contributed by atoms with Gasteiger partial charge >= 0.3 is 5.97 Å². The molecule has 1 saturated heterocycles. The van der Waals surface area contributed by atoms with Gasteiger partial charge in [-0.1, -0.05) is 30.3 Å². The second kappa shape index (κ2) is 4.03. The monoisotopic (exact) mass is 205 g/mol. The second-order valence-electron chi connectivity index (χ2n) is 4.14. The molecule has 0 saturated carbocycles. The molecule has 80 valence electrons. The molecule has 0 aliphatic carbocycles. The summed E-state index contributed by atoms with van der Waals surface area (Å²) in [5.74, 6) is -0.353. The van der Waals surface area contributed by atoms with Gasteiger partial charge in [-0.25, -0.2) is 0 Å². The molecule has 0 unspecified atom stereocenters. The van der Waals surface area contributed by atoms with E-state index in [1.165, 1.54) is 5.56 Å². The van der Waals surface area contributed by atoms with Crippen LogP contribution in [0.5, 0.6) is 0 Å². The Kier molecular flexibility index (Phi) is 2.73. The van der Waals surface area contributed by atoms with Crippen molar-refractivity contribution >= 4 is 5.97 Å². The Balaban J connectivity index is 2.13. The molecule has 2 rings (SSSR count). The average Bonchev–Trinajstić information content (AvgIpc) is 2.62. The van der Waals surface area contributed by atoms with Crippen molar-refractivity contribution in [2.24, 2.45) is 0 Å². The summed E-state index contributed by atoms with van der Waals surface area (Å²) < 4.78 is 0. The van der Waals surface area contributed by atoms with E-state index in [1.807, 2.05) is 30.1 Å². The summed E-state index contributed by atoms with van der Waals surface area (Å²) in [4.78, 5) is 12.9. The van der Waals surface area contributed by atoms with Crippen LogP contribution in [0.3, 0.4) is 0 Å². The maximum Gasteiger partial charge on any atom is 0.320 e. The van der Waals surface area contributed by atoms with Crippen LogP contribution in [0.1, 0.15) is 17.9 Å². The molecule has 0 radical (unpaired) electrons. The van der Waals surface area contributed by atoms with Crippen LogP contribution in [-0.2, 0) is 4.79 Å². The van der Waals surface area contributed by atoms with Crippen LogP contribution >= 0.6 is 0 Å². The Bertz CT molecular complexity index is 350. The van der Waals surface area contributed by atoms with E-state index in [4.69, 9.17) is 5.11 Å². The van der Waals surface area contributed by atoms with Crippen molar-refractivity contribution in [3.8, 4) is 0 Å². The predicted molar refractivity (Wildman–Crippen MR) is 57.9 cm³/mol. The van der Waals surface area contributed by atoms with Crippen LogP contribution in [0, 0.1) is 0 Å². The fraction of sp³-hybridized carbons (Fsp3) is 0.417. The zero-order valence-corrected chi connectivity index (χ0v) is 8.76. The van der Waals surface area contributed by atoms with Gasteiger partial charge < -0.3 is 5.11 Å². The van der Waals surface area contributed by atoms with Gasteiger partial charge in [-0.3, -0.25) is 9.69 Å². The Hall–Kier alpha value is -1.35. The van der Waals surface area contributed by atoms with Crippen LogP contribution in [0.15, 0.2) is 30.3 Å². The molecule has 1 aromatic rings. The molecule has 3 heteroatoms. The highest BCUT2D eigenvalue weighted by Gasteiger charge is 2.34. The summed E-state index contributed by atoms with van der Waals surface area (Å²) in [6.07, 6.45) is 0.718. The Morgan fingerprint density at radius 2 is 2.07 bits per heavy atom. The molecule has 1 heterocycles. The standard InChI is InChI=1S/C12H15NO2/c1-13-8-10(7-11(13)12(14)15)9-5-3-2-4-6-9/h2-6,10-11H,7-8H2,1H3,(H,14,15)/t10-,11-/m0/s1. The van der Waals surface area contributed by atoms with E-state index in [9.17, 15) is 4.79 Å². The first-order valence-corrected chi connectivity index (χ1v) is 5.16. The van der Waals surface area contributed by atoms with Gasteiger partial charge in [0.25, 0.3) is 0 Å². The molecule has 1 aromatic carbocycles. The minimum Gasteiger partial charge on any atom is -0.480 e. The maximum absolute atomic E-state index is 10.9. The van der Waals surface area contributed by atoms with Crippen molar-refractivity contribution in [1.29, 1.82) is 0 Å². The fourth-order valence-corrected chi connectivity index (χ4v) is 2.25. The second-order valence-corrected chi connectivity index (χ2v) is 4.14. The SMILES string of the molecule is CN1C[C@@H](c2ccccc2)C[C@H]1C(=O)O. The summed E-state index contributed by atoms with van der Waals surface area (Å²) in [5.41, 5.74) is 1.24. The molecule has 0 aromatic heterocycles. The lowest BCUT2D eigenvalue weighted by Crippen LogP contribution is -2.32. The molecule has 0 spiro atoms. The quantitative estimate of drug-likeness (QED) is 0.796. The van der Waals surface area contributed by atoms with E-state index in [1.54, 1.807) is 0 Å². The van der Waals surface area contributed by atoms with E-state index in [0.29, 0.717) is 5.92 Å². The summed E-state index contributed by atoms with van der Waals surface area (Å²) in [5, 5.41) is 9.01. The minimum atomic E-state index is -0.712. The number of rotatable bonds is 2. The molecule has 1 N–H and O–H groups in total. The lowest BCUT2D eigenvalue weighted by Gasteiger charge is -2.13. The van der Waals surface area contributed by atoms with Gasteiger partial charge in [0.05, 0.1) is 0 Å². The van der Waals surface area contributed by atoms with Crippen molar-refractivity contribution in [1.82, 2.24) is 4.90 Å². The summed E-state index contributed by atoms with van der Waals surface area (Å²) in [6.45, 7) is 0.834. The highest BCUT2D eigenvalue weighted by atomic mass is 16.4. The van der Waals surface area contributed by atoms with E-state index in [0.717, 1.165) is 13.0 Å². The Morgan fingerprint density at radius 1 is 1.40 bits per heavy atom. The minimum absolute atomic E-state index is 0.324. The highest BCUT2D eigenvalue weighted by Crippen LogP contribution is 2.30. The molecule has 1 fully saturated rings. The van der Waals surface area contributed by atoms with Crippen molar-refractivity contribution in [3.05, 3.63) is 35.9 Å². The number of carboxylic acids is 1. The zero-order chi connectivity index (χ0) is 10.8. The highest BCUT2D eigenvalue weighted by molar-refractivity contribution is 5.74. The predicted octanol–water partition coefficient (Wildman–Crippen LogP) is 1.56. The third kappa shape index (κ3) is 2.02. The van der Waals surface area contributed by atoms with Crippen molar-refractivity contribution in [2.75, 3.05) is 13.6 Å². The molecule has 0 bridgehead atoms. The molecular weight excluding hydrogens is 190 g/mol. The van der Waals surface area contributed by atoms with Crippen molar-refractivity contribution in [2.45, 2.75) is 18.4 Å². The van der Waals surface area contributed by atoms with Crippen LogP contribution < -0.4 is 0 Å². The number of likely N-dealkylation sites (tertiary alicyclic amines) is 1. The maximum atomic E-state index is 10.9. The van der Waals surface area contributed by atoms with Crippen LogP contribution in [-0.4, -0.2) is 35.6 Å². The first kappa shape index (κ1) is 10.2. The van der Waals surface area contributed by atoms with Gasteiger partial charge in [-0.2, -0.15) is 0 Å². The van der Waals surface area contributed by atoms with Crippen LogP contribution in [0.4, 0.5) is 0 Å². The number of likely N-dealkylation sites (N-methyl/N-ethyl adjacent to an activating group) is 1. The smallest absolute Gasteiger partial charge is 0.320 e. The normalized spacial score (nSPS) is 26.7. The van der Waals surface area contributed by atoms with E-state index < -0.39 is 5.97 Å². The lowest BCUT2D eigenvalue weighted by molar-refractivity contribution is -0.141. The molecule has 15 heavy (non-hydrogen) atoms. The molecular formula is C12H15NO2. The molecule has 2 atom stereocenters. The number of nitrogens with zero attached hydrogens (tertiary/aromatic N) is 1. The molecule has 1 aliphatic heterocycles. The summed E-state index contributed by atoms with van der Waals surface area (Å²) in [6, 6.07) is 9.81. The molecule has 1 aliphatic rings. The number of benzene rings is 1. The van der Waals surface area contributed by atoms with Crippen LogP contribution in [0.2, 0.25) is 0 Å². The van der Waals surface area contributed by atoms with E-state index in [2.05, 4.69) is 12.1 Å². The van der Waals surface area contributed by atoms with Gasteiger partial charge in [0.2, 0.25) is 0 Å². The largest absolute Gasteiger partial charge is 0.480 e. The number of hydrogen-bond acceptors (Lipinski definition) is 2. The van der Waals surface area contributed by atoms with Gasteiger partial charge in [0.1, 0.15) is 6.04 Å². The zero-order valence-electron chi connectivity index (χ0n) is 8.76. The van der Waals surface area contributed by atoms with Crippen molar-refractivity contribution < 1.29 is 9.90 Å². The Labute approximate surface area is 89.3 Å². The topological polar surface area (TPSA) is 40.5 Å². The fourth-order valence-electron chi connectivity index (χ4n) is 2.25. The number of aliphatic carboxylic acids is 1. The first-order valence-electron chi connectivity index (χ1n) is 5.16. The Morgan fingerprint density at radius 3 is 2.60 bits per heavy atom. The average molecular weight is 205 g/mol.